The lowest BCUT2D eigenvalue weighted by Gasteiger charge is -2.30. The maximum atomic E-state index is 10.9. The third-order valence-electron chi connectivity index (χ3n) is 1.45. The van der Waals surface area contributed by atoms with Gasteiger partial charge in [0, 0.05) is 12.6 Å². The van der Waals surface area contributed by atoms with Crippen LogP contribution in [0.2, 0.25) is 0 Å². The first-order valence-corrected chi connectivity index (χ1v) is 3.21. The minimum absolute atomic E-state index is 0.160. The number of rotatable bonds is 0. The average molecular weight is 145 g/mol. The van der Waals surface area contributed by atoms with E-state index in [-0.39, 0.29) is 11.6 Å². The van der Waals surface area contributed by atoms with Crippen LogP contribution in [0.4, 0.5) is 4.79 Å². The molecule has 3 heteroatoms. The van der Waals surface area contributed by atoms with Crippen molar-refractivity contribution >= 4 is 6.09 Å². The van der Waals surface area contributed by atoms with Crippen LogP contribution in [-0.2, 0) is 4.74 Å². The van der Waals surface area contributed by atoms with E-state index in [1.807, 2.05) is 20.8 Å². The summed E-state index contributed by atoms with van der Waals surface area (Å²) < 4.78 is 4.53. The van der Waals surface area contributed by atoms with Crippen molar-refractivity contribution in [3.63, 3.8) is 0 Å². The van der Waals surface area contributed by atoms with E-state index in [1.54, 1.807) is 11.9 Å². The summed E-state index contributed by atoms with van der Waals surface area (Å²) in [6.07, 6.45) is -0.299. The highest BCUT2D eigenvalue weighted by Crippen LogP contribution is 2.10. The normalized spacial score (nSPS) is 10.9. The van der Waals surface area contributed by atoms with Crippen LogP contribution in [0.5, 0.6) is 0 Å². The summed E-state index contributed by atoms with van der Waals surface area (Å²) in [6.45, 7) is 5.84. The van der Waals surface area contributed by atoms with Gasteiger partial charge in [0.05, 0.1) is 7.11 Å². The molecule has 1 amide bonds. The fourth-order valence-corrected chi connectivity index (χ4v) is 0.411. The van der Waals surface area contributed by atoms with Gasteiger partial charge in [-0.05, 0) is 20.8 Å². The van der Waals surface area contributed by atoms with Gasteiger partial charge in [0.1, 0.15) is 0 Å². The summed E-state index contributed by atoms with van der Waals surface area (Å²) >= 11 is 0. The Morgan fingerprint density at radius 3 is 1.90 bits per heavy atom. The van der Waals surface area contributed by atoms with E-state index in [0.717, 1.165) is 0 Å². The zero-order valence-corrected chi connectivity index (χ0v) is 7.26. The maximum absolute atomic E-state index is 10.9. The molecule has 0 aliphatic carbocycles. The van der Waals surface area contributed by atoms with Crippen LogP contribution in [0.25, 0.3) is 0 Å². The Kier molecular flexibility index (Phi) is 2.69. The number of hydrogen-bond donors (Lipinski definition) is 0. The summed E-state index contributed by atoms with van der Waals surface area (Å²) in [5.41, 5.74) is -0.160. The number of ether oxygens (including phenoxy) is 1. The molecule has 3 nitrogen and oxygen atoms in total. The summed E-state index contributed by atoms with van der Waals surface area (Å²) in [6, 6.07) is 0. The van der Waals surface area contributed by atoms with Crippen molar-refractivity contribution in [2.45, 2.75) is 26.3 Å². The molecular formula is C7H15NO2. The van der Waals surface area contributed by atoms with Crippen molar-refractivity contribution in [1.82, 2.24) is 4.90 Å². The maximum Gasteiger partial charge on any atom is 0.409 e. The zero-order valence-electron chi connectivity index (χ0n) is 7.26. The van der Waals surface area contributed by atoms with Gasteiger partial charge < -0.3 is 9.64 Å². The zero-order chi connectivity index (χ0) is 8.36. The summed E-state index contributed by atoms with van der Waals surface area (Å²) in [4.78, 5) is 12.4. The SMILES string of the molecule is COC(=O)N(C)C(C)(C)C. The number of nitrogens with zero attached hydrogens (tertiary/aromatic N) is 1. The van der Waals surface area contributed by atoms with Gasteiger partial charge in [-0.1, -0.05) is 0 Å². The van der Waals surface area contributed by atoms with E-state index in [9.17, 15) is 4.79 Å². The molecule has 0 saturated heterocycles. The molecule has 0 rings (SSSR count). The van der Waals surface area contributed by atoms with Crippen molar-refractivity contribution < 1.29 is 9.53 Å². The van der Waals surface area contributed by atoms with Crippen LogP contribution >= 0.6 is 0 Å². The Balaban J connectivity index is 4.08. The molecule has 0 aromatic carbocycles. The second kappa shape index (κ2) is 2.90. The molecule has 0 atom stereocenters. The summed E-state index contributed by atoms with van der Waals surface area (Å²) in [5, 5.41) is 0. The molecule has 0 aromatic heterocycles. The molecule has 0 aliphatic heterocycles. The van der Waals surface area contributed by atoms with Gasteiger partial charge in [0.2, 0.25) is 0 Å². The molecule has 0 N–H and O–H groups in total. The highest BCUT2D eigenvalue weighted by Gasteiger charge is 2.22. The lowest BCUT2D eigenvalue weighted by molar-refractivity contribution is 0.0992. The van der Waals surface area contributed by atoms with E-state index in [0.29, 0.717) is 0 Å². The van der Waals surface area contributed by atoms with Gasteiger partial charge >= 0.3 is 6.09 Å². The monoisotopic (exact) mass is 145 g/mol. The molecule has 0 bridgehead atoms. The first-order chi connectivity index (χ1) is 4.39. The molecule has 0 radical (unpaired) electrons. The molecule has 10 heavy (non-hydrogen) atoms. The van der Waals surface area contributed by atoms with E-state index >= 15 is 0 Å². The lowest BCUT2D eigenvalue weighted by Crippen LogP contribution is -2.42. The van der Waals surface area contributed by atoms with Crippen molar-refractivity contribution in [3.8, 4) is 0 Å². The Morgan fingerprint density at radius 1 is 1.40 bits per heavy atom. The first-order valence-electron chi connectivity index (χ1n) is 3.21. The third-order valence-corrected chi connectivity index (χ3v) is 1.45. The minimum Gasteiger partial charge on any atom is -0.453 e. The second-order valence-electron chi connectivity index (χ2n) is 3.20. The topological polar surface area (TPSA) is 29.5 Å². The van der Waals surface area contributed by atoms with Crippen LogP contribution in [-0.4, -0.2) is 30.7 Å². The van der Waals surface area contributed by atoms with Gasteiger partial charge in [0.15, 0.2) is 0 Å². The molecule has 0 aromatic rings. The van der Waals surface area contributed by atoms with E-state index in [4.69, 9.17) is 0 Å². The molecular weight excluding hydrogens is 130 g/mol. The fourth-order valence-electron chi connectivity index (χ4n) is 0.411. The smallest absolute Gasteiger partial charge is 0.409 e. The molecule has 0 aliphatic rings. The van der Waals surface area contributed by atoms with Gasteiger partial charge in [-0.2, -0.15) is 0 Å². The number of carbonyl (C=O) groups is 1. The van der Waals surface area contributed by atoms with Gasteiger partial charge in [-0.15, -0.1) is 0 Å². The van der Waals surface area contributed by atoms with Crippen LogP contribution in [0.15, 0.2) is 0 Å². The molecule has 0 saturated carbocycles. The molecule has 60 valence electrons. The average Bonchev–Trinajstić information content (AvgIpc) is 1.83. The van der Waals surface area contributed by atoms with Crippen molar-refractivity contribution in [1.29, 1.82) is 0 Å². The Bertz CT molecular complexity index is 126. The third kappa shape index (κ3) is 2.25. The predicted octanol–water partition coefficient (Wildman–Crippen LogP) is 1.48. The quantitative estimate of drug-likeness (QED) is 0.516. The molecule has 0 heterocycles. The van der Waals surface area contributed by atoms with E-state index in [2.05, 4.69) is 4.74 Å². The standard InChI is InChI=1S/C7H15NO2/c1-7(2,3)8(4)6(9)10-5/h1-5H3. The first kappa shape index (κ1) is 9.27. The number of hydrogen-bond acceptors (Lipinski definition) is 2. The lowest BCUT2D eigenvalue weighted by atomic mass is 10.1. The number of methoxy groups -OCH3 is 1. The van der Waals surface area contributed by atoms with Crippen molar-refractivity contribution in [2.24, 2.45) is 0 Å². The Labute approximate surface area is 62.0 Å². The largest absolute Gasteiger partial charge is 0.453 e. The van der Waals surface area contributed by atoms with Crippen LogP contribution < -0.4 is 0 Å². The molecule has 0 spiro atoms. The van der Waals surface area contributed by atoms with Crippen LogP contribution in [0, 0.1) is 0 Å². The van der Waals surface area contributed by atoms with Crippen molar-refractivity contribution in [2.75, 3.05) is 14.2 Å². The van der Waals surface area contributed by atoms with Gasteiger partial charge in [-0.3, -0.25) is 0 Å². The number of carbonyl (C=O) groups excluding carboxylic acids is 1. The second-order valence-corrected chi connectivity index (χ2v) is 3.20. The highest BCUT2D eigenvalue weighted by molar-refractivity contribution is 5.67. The Hall–Kier alpha value is -0.730. The van der Waals surface area contributed by atoms with Crippen LogP contribution in [0.1, 0.15) is 20.8 Å². The van der Waals surface area contributed by atoms with Gasteiger partial charge in [0.25, 0.3) is 0 Å². The van der Waals surface area contributed by atoms with E-state index < -0.39 is 0 Å². The van der Waals surface area contributed by atoms with Crippen molar-refractivity contribution in [3.05, 3.63) is 0 Å². The van der Waals surface area contributed by atoms with E-state index in [1.165, 1.54) is 7.11 Å². The highest BCUT2D eigenvalue weighted by atomic mass is 16.5. The molecule has 0 unspecified atom stereocenters. The van der Waals surface area contributed by atoms with Crippen LogP contribution in [0.3, 0.4) is 0 Å². The number of amides is 1. The fraction of sp³-hybridized carbons (Fsp3) is 0.857. The predicted molar refractivity (Wildman–Crippen MR) is 39.9 cm³/mol. The molecule has 0 fully saturated rings. The summed E-state index contributed by atoms with van der Waals surface area (Å²) in [5.74, 6) is 0. The summed E-state index contributed by atoms with van der Waals surface area (Å²) in [7, 11) is 3.09. The minimum atomic E-state index is -0.299. The Morgan fingerprint density at radius 2 is 1.80 bits per heavy atom. The van der Waals surface area contributed by atoms with Gasteiger partial charge in [-0.25, -0.2) is 4.79 Å².